The maximum absolute atomic E-state index is 9.27. The first-order valence-corrected chi connectivity index (χ1v) is 5.15. The number of methoxy groups -OCH3 is 1. The van der Waals surface area contributed by atoms with Crippen LogP contribution < -0.4 is 4.74 Å². The maximum Gasteiger partial charge on any atom is 0.118 e. The lowest BCUT2D eigenvalue weighted by Gasteiger charge is -2.09. The van der Waals surface area contributed by atoms with Crippen LogP contribution in [0.5, 0.6) is 5.75 Å². The Morgan fingerprint density at radius 2 is 1.93 bits per heavy atom. The summed E-state index contributed by atoms with van der Waals surface area (Å²) in [5.41, 5.74) is 1.08. The van der Waals surface area contributed by atoms with Gasteiger partial charge in [-0.15, -0.1) is 0 Å². The van der Waals surface area contributed by atoms with E-state index in [9.17, 15) is 5.11 Å². The topological polar surface area (TPSA) is 38.7 Å². The summed E-state index contributed by atoms with van der Waals surface area (Å²) in [7, 11) is 1.64. The highest BCUT2D eigenvalue weighted by molar-refractivity contribution is 5.26. The van der Waals surface area contributed by atoms with Crippen LogP contribution in [0.25, 0.3) is 0 Å². The molecular weight excluding hydrogens is 192 g/mol. The number of rotatable bonds is 6. The van der Waals surface area contributed by atoms with Gasteiger partial charge in [0.15, 0.2) is 0 Å². The molecule has 0 radical (unpaired) electrons. The fourth-order valence-electron chi connectivity index (χ4n) is 1.15. The van der Waals surface area contributed by atoms with Gasteiger partial charge in [0.1, 0.15) is 5.75 Å². The van der Waals surface area contributed by atoms with Crippen molar-refractivity contribution in [1.82, 2.24) is 0 Å². The molecule has 15 heavy (non-hydrogen) atoms. The van der Waals surface area contributed by atoms with E-state index in [1.807, 2.05) is 31.2 Å². The summed E-state index contributed by atoms with van der Waals surface area (Å²) in [5.74, 6) is 0.840. The van der Waals surface area contributed by atoms with Gasteiger partial charge in [-0.2, -0.15) is 0 Å². The molecule has 0 heterocycles. The van der Waals surface area contributed by atoms with E-state index in [1.54, 1.807) is 7.11 Å². The fourth-order valence-corrected chi connectivity index (χ4v) is 1.15. The van der Waals surface area contributed by atoms with E-state index in [2.05, 4.69) is 0 Å². The van der Waals surface area contributed by atoms with Gasteiger partial charge in [0, 0.05) is 0 Å². The Hall–Kier alpha value is -1.06. The molecule has 0 saturated carbocycles. The van der Waals surface area contributed by atoms with E-state index in [0.29, 0.717) is 13.2 Å². The van der Waals surface area contributed by atoms with Crippen LogP contribution in [0, 0.1) is 0 Å². The summed E-state index contributed by atoms with van der Waals surface area (Å²) in [6, 6.07) is 7.71. The van der Waals surface area contributed by atoms with Crippen LogP contribution in [0.15, 0.2) is 24.3 Å². The molecule has 1 aromatic rings. The highest BCUT2D eigenvalue weighted by Crippen LogP contribution is 2.11. The van der Waals surface area contributed by atoms with Gasteiger partial charge in [0.2, 0.25) is 0 Å². The highest BCUT2D eigenvalue weighted by atomic mass is 16.5. The van der Waals surface area contributed by atoms with E-state index in [1.165, 1.54) is 0 Å². The van der Waals surface area contributed by atoms with Crippen molar-refractivity contribution in [3.8, 4) is 5.75 Å². The van der Waals surface area contributed by atoms with Gasteiger partial charge >= 0.3 is 0 Å². The van der Waals surface area contributed by atoms with Gasteiger partial charge in [-0.1, -0.05) is 19.1 Å². The molecule has 0 aliphatic heterocycles. The average molecular weight is 210 g/mol. The zero-order valence-corrected chi connectivity index (χ0v) is 9.27. The molecule has 1 N–H and O–H groups in total. The summed E-state index contributed by atoms with van der Waals surface area (Å²) in [6.07, 6.45) is 0.367. The number of aliphatic hydroxyl groups is 1. The Balaban J connectivity index is 2.31. The number of hydrogen-bond acceptors (Lipinski definition) is 3. The largest absolute Gasteiger partial charge is 0.497 e. The van der Waals surface area contributed by atoms with E-state index >= 15 is 0 Å². The predicted octanol–water partition coefficient (Wildman–Crippen LogP) is 1.98. The Kier molecular flexibility index (Phi) is 5.15. The van der Waals surface area contributed by atoms with Crippen LogP contribution in [-0.4, -0.2) is 24.9 Å². The van der Waals surface area contributed by atoms with Crippen molar-refractivity contribution in [3.63, 3.8) is 0 Å². The van der Waals surface area contributed by atoms with Gasteiger partial charge in [0.05, 0.1) is 26.4 Å². The van der Waals surface area contributed by atoms with Crippen LogP contribution in [0.4, 0.5) is 0 Å². The summed E-state index contributed by atoms with van der Waals surface area (Å²) in [6.45, 7) is 2.85. The van der Waals surface area contributed by atoms with Gasteiger partial charge in [0.25, 0.3) is 0 Å². The third-order valence-electron chi connectivity index (χ3n) is 2.21. The van der Waals surface area contributed by atoms with Crippen molar-refractivity contribution in [2.75, 3.05) is 13.7 Å². The summed E-state index contributed by atoms with van der Waals surface area (Å²) in [5, 5.41) is 9.27. The van der Waals surface area contributed by atoms with Crippen LogP contribution in [0.3, 0.4) is 0 Å². The van der Waals surface area contributed by atoms with Gasteiger partial charge < -0.3 is 14.6 Å². The lowest BCUT2D eigenvalue weighted by atomic mass is 10.2. The second kappa shape index (κ2) is 6.43. The lowest BCUT2D eigenvalue weighted by molar-refractivity contribution is 0.0269. The van der Waals surface area contributed by atoms with Crippen molar-refractivity contribution in [1.29, 1.82) is 0 Å². The van der Waals surface area contributed by atoms with Crippen LogP contribution >= 0.6 is 0 Å². The predicted molar refractivity (Wildman–Crippen MR) is 58.9 cm³/mol. The minimum atomic E-state index is -0.358. The van der Waals surface area contributed by atoms with Crippen LogP contribution in [-0.2, 0) is 11.3 Å². The molecule has 0 aliphatic carbocycles. The van der Waals surface area contributed by atoms with Gasteiger partial charge in [-0.3, -0.25) is 0 Å². The monoisotopic (exact) mass is 210 g/mol. The molecule has 84 valence electrons. The van der Waals surface area contributed by atoms with Gasteiger partial charge in [-0.05, 0) is 24.1 Å². The molecule has 1 aromatic carbocycles. The van der Waals surface area contributed by atoms with Crippen molar-refractivity contribution in [2.24, 2.45) is 0 Å². The third kappa shape index (κ3) is 4.32. The molecule has 0 saturated heterocycles. The maximum atomic E-state index is 9.27. The molecule has 0 spiro atoms. The van der Waals surface area contributed by atoms with Crippen molar-refractivity contribution < 1.29 is 14.6 Å². The number of hydrogen-bond donors (Lipinski definition) is 1. The van der Waals surface area contributed by atoms with Gasteiger partial charge in [-0.25, -0.2) is 0 Å². The second-order valence-electron chi connectivity index (χ2n) is 3.43. The number of ether oxygens (including phenoxy) is 2. The first-order chi connectivity index (χ1) is 7.26. The zero-order valence-electron chi connectivity index (χ0n) is 9.27. The molecule has 0 bridgehead atoms. The zero-order chi connectivity index (χ0) is 11.1. The smallest absolute Gasteiger partial charge is 0.118 e. The molecule has 0 unspecified atom stereocenters. The summed E-state index contributed by atoms with van der Waals surface area (Å²) >= 11 is 0. The van der Waals surface area contributed by atoms with Crippen molar-refractivity contribution >= 4 is 0 Å². The molecule has 0 aliphatic rings. The van der Waals surface area contributed by atoms with Crippen molar-refractivity contribution in [3.05, 3.63) is 29.8 Å². The average Bonchev–Trinajstić information content (AvgIpc) is 2.29. The molecule has 0 aromatic heterocycles. The Bertz CT molecular complexity index is 269. The number of benzene rings is 1. The Morgan fingerprint density at radius 3 is 2.47 bits per heavy atom. The molecule has 0 fully saturated rings. The van der Waals surface area contributed by atoms with Crippen molar-refractivity contribution in [2.45, 2.75) is 26.1 Å². The normalized spacial score (nSPS) is 12.5. The second-order valence-corrected chi connectivity index (χ2v) is 3.43. The molecular formula is C12H18O3. The quantitative estimate of drug-likeness (QED) is 0.780. The SMILES string of the molecule is CC[C@@H](O)COCc1ccc(OC)cc1. The van der Waals surface area contributed by atoms with E-state index in [0.717, 1.165) is 17.7 Å². The molecule has 3 heteroatoms. The fraction of sp³-hybridized carbons (Fsp3) is 0.500. The third-order valence-corrected chi connectivity index (χ3v) is 2.21. The Labute approximate surface area is 90.6 Å². The number of aliphatic hydroxyl groups excluding tert-OH is 1. The summed E-state index contributed by atoms with van der Waals surface area (Å²) < 4.78 is 10.4. The van der Waals surface area contributed by atoms with Crippen LogP contribution in [0.1, 0.15) is 18.9 Å². The van der Waals surface area contributed by atoms with Crippen LogP contribution in [0.2, 0.25) is 0 Å². The highest BCUT2D eigenvalue weighted by Gasteiger charge is 2.00. The first-order valence-electron chi connectivity index (χ1n) is 5.15. The molecule has 0 amide bonds. The minimum Gasteiger partial charge on any atom is -0.497 e. The van der Waals surface area contributed by atoms with E-state index in [-0.39, 0.29) is 6.10 Å². The molecule has 3 nitrogen and oxygen atoms in total. The summed E-state index contributed by atoms with van der Waals surface area (Å²) in [4.78, 5) is 0. The van der Waals surface area contributed by atoms with E-state index in [4.69, 9.17) is 9.47 Å². The minimum absolute atomic E-state index is 0.358. The lowest BCUT2D eigenvalue weighted by Crippen LogP contribution is -2.13. The Morgan fingerprint density at radius 1 is 1.27 bits per heavy atom. The molecule has 1 rings (SSSR count). The molecule has 1 atom stereocenters. The first kappa shape index (κ1) is 12.0. The van der Waals surface area contributed by atoms with E-state index < -0.39 is 0 Å². The standard InChI is InChI=1S/C12H18O3/c1-3-11(13)9-15-8-10-4-6-12(14-2)7-5-10/h4-7,11,13H,3,8-9H2,1-2H3/t11-/m1/s1.